The Kier molecular flexibility index (Phi) is 3.10. The molecule has 0 radical (unpaired) electrons. The van der Waals surface area contributed by atoms with Gasteiger partial charge in [0, 0.05) is 25.9 Å². The van der Waals surface area contributed by atoms with E-state index in [1.54, 1.807) is 7.11 Å². The molecule has 0 atom stereocenters. The quantitative estimate of drug-likeness (QED) is 0.631. The zero-order valence-electron chi connectivity index (χ0n) is 9.73. The summed E-state index contributed by atoms with van der Waals surface area (Å²) >= 11 is 0. The first-order chi connectivity index (χ1) is 7.72. The van der Waals surface area contributed by atoms with E-state index in [1.807, 2.05) is 25.1 Å². The van der Waals surface area contributed by atoms with E-state index in [2.05, 4.69) is 9.55 Å². The number of rotatable bonds is 4. The molecule has 86 valence electrons. The first-order valence-electron chi connectivity index (χ1n) is 5.43. The second-order valence-electron chi connectivity index (χ2n) is 3.91. The molecule has 0 bridgehead atoms. The fraction of sp³-hybridized carbons (Fsp3) is 0.417. The van der Waals surface area contributed by atoms with Crippen LogP contribution >= 0.6 is 0 Å². The molecule has 4 heteroatoms. The molecule has 1 aromatic heterocycles. The number of ether oxygens (including phenoxy) is 1. The van der Waals surface area contributed by atoms with Gasteiger partial charge in [0.1, 0.15) is 5.82 Å². The summed E-state index contributed by atoms with van der Waals surface area (Å²) in [6, 6.07) is 5.82. The van der Waals surface area contributed by atoms with Crippen molar-refractivity contribution >= 4 is 16.7 Å². The maximum Gasteiger partial charge on any atom is 0.106 e. The van der Waals surface area contributed by atoms with Crippen molar-refractivity contribution in [1.82, 2.24) is 9.55 Å². The van der Waals surface area contributed by atoms with Crippen molar-refractivity contribution in [3.05, 3.63) is 24.0 Å². The molecule has 1 aromatic carbocycles. The summed E-state index contributed by atoms with van der Waals surface area (Å²) in [7, 11) is 1.72. The molecule has 0 aliphatic rings. The number of aryl methyl sites for hydroxylation is 2. The van der Waals surface area contributed by atoms with Crippen LogP contribution in [0.15, 0.2) is 18.2 Å². The number of nitrogens with zero attached hydrogens (tertiary/aromatic N) is 2. The lowest BCUT2D eigenvalue weighted by atomic mass is 10.3. The summed E-state index contributed by atoms with van der Waals surface area (Å²) in [5.41, 5.74) is 8.68. The average Bonchev–Trinajstić information content (AvgIpc) is 2.56. The number of hydrogen-bond donors (Lipinski definition) is 1. The van der Waals surface area contributed by atoms with Gasteiger partial charge in [0.05, 0.1) is 11.0 Å². The maximum atomic E-state index is 5.79. The lowest BCUT2D eigenvalue weighted by molar-refractivity contribution is 0.190. The van der Waals surface area contributed by atoms with Gasteiger partial charge in [-0.3, -0.25) is 0 Å². The van der Waals surface area contributed by atoms with Crippen LogP contribution in [0.25, 0.3) is 11.0 Å². The van der Waals surface area contributed by atoms with Crippen LogP contribution in [0.2, 0.25) is 0 Å². The zero-order valence-corrected chi connectivity index (χ0v) is 9.73. The summed E-state index contributed by atoms with van der Waals surface area (Å²) in [5.74, 6) is 1.02. The van der Waals surface area contributed by atoms with E-state index in [-0.39, 0.29) is 0 Å². The van der Waals surface area contributed by atoms with Crippen molar-refractivity contribution in [2.24, 2.45) is 0 Å². The largest absolute Gasteiger partial charge is 0.399 e. The number of methoxy groups -OCH3 is 1. The number of nitrogen functional groups attached to an aromatic ring is 1. The Morgan fingerprint density at radius 3 is 3.00 bits per heavy atom. The molecule has 0 aliphatic carbocycles. The van der Waals surface area contributed by atoms with Crippen molar-refractivity contribution < 1.29 is 4.74 Å². The number of hydrogen-bond acceptors (Lipinski definition) is 3. The number of imidazole rings is 1. The third kappa shape index (κ3) is 2.02. The van der Waals surface area contributed by atoms with Gasteiger partial charge in [0.15, 0.2) is 0 Å². The predicted molar refractivity (Wildman–Crippen MR) is 65.4 cm³/mol. The standard InChI is InChI=1S/C12H17N3O/c1-9-14-11-5-4-10(13)8-12(11)15(9)6-3-7-16-2/h4-5,8H,3,6-7,13H2,1-2H3. The van der Waals surface area contributed by atoms with Crippen molar-refractivity contribution in [2.45, 2.75) is 19.9 Å². The lowest BCUT2D eigenvalue weighted by Crippen LogP contribution is -2.03. The zero-order chi connectivity index (χ0) is 11.5. The van der Waals surface area contributed by atoms with Gasteiger partial charge in [0.2, 0.25) is 0 Å². The second kappa shape index (κ2) is 4.53. The Balaban J connectivity index is 2.34. The van der Waals surface area contributed by atoms with Crippen LogP contribution in [0, 0.1) is 6.92 Å². The van der Waals surface area contributed by atoms with Crippen molar-refractivity contribution in [3.63, 3.8) is 0 Å². The van der Waals surface area contributed by atoms with E-state index < -0.39 is 0 Å². The van der Waals surface area contributed by atoms with Gasteiger partial charge in [-0.25, -0.2) is 4.98 Å². The highest BCUT2D eigenvalue weighted by atomic mass is 16.5. The molecule has 0 aliphatic heterocycles. The van der Waals surface area contributed by atoms with Crippen LogP contribution < -0.4 is 5.73 Å². The SMILES string of the molecule is COCCCn1c(C)nc2ccc(N)cc21. The summed E-state index contributed by atoms with van der Waals surface area (Å²) < 4.78 is 7.24. The summed E-state index contributed by atoms with van der Waals surface area (Å²) in [6.45, 7) is 3.70. The molecule has 0 saturated heterocycles. The van der Waals surface area contributed by atoms with Gasteiger partial charge in [0.25, 0.3) is 0 Å². The minimum absolute atomic E-state index is 0.765. The molecule has 0 saturated carbocycles. The van der Waals surface area contributed by atoms with Crippen molar-refractivity contribution in [3.8, 4) is 0 Å². The third-order valence-corrected chi connectivity index (χ3v) is 2.69. The molecule has 0 amide bonds. The lowest BCUT2D eigenvalue weighted by Gasteiger charge is -2.06. The van der Waals surface area contributed by atoms with Crippen LogP contribution in [-0.2, 0) is 11.3 Å². The van der Waals surface area contributed by atoms with E-state index in [1.165, 1.54) is 0 Å². The molecule has 0 unspecified atom stereocenters. The van der Waals surface area contributed by atoms with Gasteiger partial charge < -0.3 is 15.0 Å². The molecule has 16 heavy (non-hydrogen) atoms. The highest BCUT2D eigenvalue weighted by Crippen LogP contribution is 2.19. The molecule has 2 N–H and O–H groups in total. The number of fused-ring (bicyclic) bond motifs is 1. The van der Waals surface area contributed by atoms with E-state index >= 15 is 0 Å². The normalized spacial score (nSPS) is 11.1. The average molecular weight is 219 g/mol. The van der Waals surface area contributed by atoms with E-state index in [0.717, 1.165) is 42.1 Å². The summed E-state index contributed by atoms with van der Waals surface area (Å²) in [4.78, 5) is 4.50. The van der Waals surface area contributed by atoms with Crippen LogP contribution in [0.4, 0.5) is 5.69 Å². The van der Waals surface area contributed by atoms with E-state index in [9.17, 15) is 0 Å². The first-order valence-corrected chi connectivity index (χ1v) is 5.43. The summed E-state index contributed by atoms with van der Waals surface area (Å²) in [6.07, 6.45) is 0.984. The summed E-state index contributed by atoms with van der Waals surface area (Å²) in [5, 5.41) is 0. The van der Waals surface area contributed by atoms with Gasteiger partial charge in [-0.05, 0) is 31.5 Å². The molecule has 0 spiro atoms. The van der Waals surface area contributed by atoms with Crippen LogP contribution in [0.1, 0.15) is 12.2 Å². The molecule has 0 fully saturated rings. The van der Waals surface area contributed by atoms with Crippen molar-refractivity contribution in [1.29, 1.82) is 0 Å². The Labute approximate surface area is 95.0 Å². The fourth-order valence-corrected chi connectivity index (χ4v) is 1.91. The Morgan fingerprint density at radius 1 is 1.44 bits per heavy atom. The van der Waals surface area contributed by atoms with E-state index in [0.29, 0.717) is 0 Å². The Hall–Kier alpha value is -1.55. The number of aromatic nitrogens is 2. The molecule has 1 heterocycles. The van der Waals surface area contributed by atoms with Gasteiger partial charge in [-0.1, -0.05) is 0 Å². The molecular weight excluding hydrogens is 202 g/mol. The second-order valence-corrected chi connectivity index (χ2v) is 3.91. The van der Waals surface area contributed by atoms with Crippen molar-refractivity contribution in [2.75, 3.05) is 19.5 Å². The first kappa shape index (κ1) is 11.0. The number of anilines is 1. The molecule has 2 aromatic rings. The number of benzene rings is 1. The third-order valence-electron chi connectivity index (χ3n) is 2.69. The Morgan fingerprint density at radius 2 is 2.25 bits per heavy atom. The van der Waals surface area contributed by atoms with E-state index in [4.69, 9.17) is 10.5 Å². The molecule has 2 rings (SSSR count). The van der Waals surface area contributed by atoms with Gasteiger partial charge >= 0.3 is 0 Å². The molecule has 4 nitrogen and oxygen atoms in total. The minimum Gasteiger partial charge on any atom is -0.399 e. The highest BCUT2D eigenvalue weighted by molar-refractivity contribution is 5.79. The van der Waals surface area contributed by atoms with Gasteiger partial charge in [-0.2, -0.15) is 0 Å². The maximum absolute atomic E-state index is 5.79. The topological polar surface area (TPSA) is 53.1 Å². The number of nitrogens with two attached hydrogens (primary N) is 1. The Bertz CT molecular complexity index is 490. The fourth-order valence-electron chi connectivity index (χ4n) is 1.91. The smallest absolute Gasteiger partial charge is 0.106 e. The highest BCUT2D eigenvalue weighted by Gasteiger charge is 2.06. The monoisotopic (exact) mass is 219 g/mol. The van der Waals surface area contributed by atoms with Crippen LogP contribution in [0.3, 0.4) is 0 Å². The van der Waals surface area contributed by atoms with Crippen LogP contribution in [-0.4, -0.2) is 23.3 Å². The molecular formula is C12H17N3O. The van der Waals surface area contributed by atoms with Crippen LogP contribution in [0.5, 0.6) is 0 Å². The predicted octanol–water partition coefficient (Wildman–Crippen LogP) is 1.96. The minimum atomic E-state index is 0.765. The van der Waals surface area contributed by atoms with Gasteiger partial charge in [-0.15, -0.1) is 0 Å².